The monoisotopic (exact) mass is 455 g/mol. The molecule has 0 radical (unpaired) electrons. The third kappa shape index (κ3) is 5.91. The highest BCUT2D eigenvalue weighted by Crippen LogP contribution is 2.23. The molecule has 5 nitrogen and oxygen atoms in total. The maximum absolute atomic E-state index is 13.2. The first-order valence-electron chi connectivity index (χ1n) is 12.0. The number of anilines is 1. The van der Waals surface area contributed by atoms with Gasteiger partial charge in [-0.3, -0.25) is 14.5 Å². The summed E-state index contributed by atoms with van der Waals surface area (Å²) in [4.78, 5) is 28.6. The van der Waals surface area contributed by atoms with E-state index in [2.05, 4.69) is 46.7 Å². The topological polar surface area (TPSA) is 61.4 Å². The van der Waals surface area contributed by atoms with Gasteiger partial charge in [0, 0.05) is 13.1 Å². The lowest BCUT2D eigenvalue weighted by Gasteiger charge is -2.32. The number of carbonyl (C=O) groups excluding carboxylic acids is 2. The van der Waals surface area contributed by atoms with E-state index in [1.54, 1.807) is 12.1 Å². The van der Waals surface area contributed by atoms with E-state index in [4.69, 9.17) is 0 Å². The fourth-order valence-electron chi connectivity index (χ4n) is 4.57. The highest BCUT2D eigenvalue weighted by Gasteiger charge is 2.27. The number of aryl methyl sites for hydroxylation is 1. The van der Waals surface area contributed by atoms with Crippen LogP contribution < -0.4 is 10.6 Å². The minimum atomic E-state index is -0.197. The first-order chi connectivity index (χ1) is 16.5. The van der Waals surface area contributed by atoms with Gasteiger partial charge in [-0.15, -0.1) is 0 Å². The predicted octanol–water partition coefficient (Wildman–Crippen LogP) is 5.34. The molecule has 3 aromatic rings. The summed E-state index contributed by atoms with van der Waals surface area (Å²) in [6, 6.07) is 25.3. The quantitative estimate of drug-likeness (QED) is 0.506. The maximum atomic E-state index is 13.2. The maximum Gasteiger partial charge on any atom is 0.253 e. The zero-order chi connectivity index (χ0) is 23.9. The van der Waals surface area contributed by atoms with Crippen LogP contribution in [0.15, 0.2) is 78.9 Å². The Balaban J connectivity index is 1.40. The summed E-state index contributed by atoms with van der Waals surface area (Å²) in [5, 5.41) is 6.09. The Hall–Kier alpha value is -3.44. The number of rotatable bonds is 7. The van der Waals surface area contributed by atoms with Crippen molar-refractivity contribution in [1.82, 2.24) is 10.2 Å². The second-order valence-electron chi connectivity index (χ2n) is 9.14. The molecule has 1 heterocycles. The van der Waals surface area contributed by atoms with Crippen molar-refractivity contribution in [1.29, 1.82) is 0 Å². The molecular weight excluding hydrogens is 422 g/mol. The van der Waals surface area contributed by atoms with Crippen LogP contribution >= 0.6 is 0 Å². The average Bonchev–Trinajstić information content (AvgIpc) is 2.86. The lowest BCUT2D eigenvalue weighted by molar-refractivity contribution is -0.121. The summed E-state index contributed by atoms with van der Waals surface area (Å²) in [5.74, 6) is -0.319. The van der Waals surface area contributed by atoms with E-state index in [-0.39, 0.29) is 23.8 Å². The van der Waals surface area contributed by atoms with Crippen LogP contribution in [0.5, 0.6) is 0 Å². The van der Waals surface area contributed by atoms with Crippen LogP contribution in [-0.2, 0) is 11.3 Å². The van der Waals surface area contributed by atoms with Crippen LogP contribution in [0, 0.1) is 12.8 Å². The van der Waals surface area contributed by atoms with Crippen molar-refractivity contribution in [3.8, 4) is 0 Å². The van der Waals surface area contributed by atoms with Gasteiger partial charge in [0.15, 0.2) is 0 Å². The standard InChI is InChI=1S/C29H33N3O2/c1-21-11-6-7-14-24(21)19-32-18-10-15-25(20-32)28(33)31-27-17-9-8-16-26(27)29(34)30-22(2)23-12-4-3-5-13-23/h3-9,11-14,16-17,22,25H,10,15,18-20H2,1-2H3,(H,30,34)(H,31,33). The molecule has 1 aliphatic rings. The van der Waals surface area contributed by atoms with Gasteiger partial charge < -0.3 is 10.6 Å². The molecule has 0 saturated carbocycles. The number of likely N-dealkylation sites (tertiary alicyclic amines) is 1. The number of benzene rings is 3. The molecule has 2 amide bonds. The van der Waals surface area contributed by atoms with Gasteiger partial charge in [0.2, 0.25) is 5.91 Å². The molecule has 0 aromatic heterocycles. The Morgan fingerprint density at radius 1 is 0.971 bits per heavy atom. The average molecular weight is 456 g/mol. The van der Waals surface area contributed by atoms with E-state index in [9.17, 15) is 9.59 Å². The molecule has 2 atom stereocenters. The van der Waals surface area contributed by atoms with E-state index >= 15 is 0 Å². The summed E-state index contributed by atoms with van der Waals surface area (Å²) in [5.41, 5.74) is 4.65. The molecule has 2 N–H and O–H groups in total. The minimum Gasteiger partial charge on any atom is -0.345 e. The zero-order valence-electron chi connectivity index (χ0n) is 20.0. The van der Waals surface area contributed by atoms with E-state index < -0.39 is 0 Å². The molecule has 2 unspecified atom stereocenters. The molecule has 1 saturated heterocycles. The van der Waals surface area contributed by atoms with Crippen molar-refractivity contribution in [2.75, 3.05) is 18.4 Å². The van der Waals surface area contributed by atoms with Crippen molar-refractivity contribution in [3.63, 3.8) is 0 Å². The van der Waals surface area contributed by atoms with Gasteiger partial charge in [-0.25, -0.2) is 0 Å². The van der Waals surface area contributed by atoms with Crippen LogP contribution in [-0.4, -0.2) is 29.8 Å². The fraction of sp³-hybridized carbons (Fsp3) is 0.310. The normalized spacial score (nSPS) is 17.1. The summed E-state index contributed by atoms with van der Waals surface area (Å²) in [6.45, 7) is 6.66. The van der Waals surface area contributed by atoms with E-state index in [0.717, 1.165) is 38.0 Å². The molecule has 34 heavy (non-hydrogen) atoms. The molecule has 1 aliphatic heterocycles. The van der Waals surface area contributed by atoms with Crippen molar-refractivity contribution in [2.45, 2.75) is 39.3 Å². The zero-order valence-corrected chi connectivity index (χ0v) is 20.0. The van der Waals surface area contributed by atoms with Crippen LogP contribution in [0.1, 0.15) is 52.9 Å². The number of hydrogen-bond donors (Lipinski definition) is 2. The van der Waals surface area contributed by atoms with Gasteiger partial charge in [0.05, 0.1) is 23.2 Å². The highest BCUT2D eigenvalue weighted by molar-refractivity contribution is 6.04. The van der Waals surface area contributed by atoms with E-state index in [1.807, 2.05) is 49.4 Å². The number of amides is 2. The summed E-state index contributed by atoms with van der Waals surface area (Å²) >= 11 is 0. The van der Waals surface area contributed by atoms with Crippen LogP contribution in [0.3, 0.4) is 0 Å². The van der Waals surface area contributed by atoms with Gasteiger partial charge in [-0.05, 0) is 62.1 Å². The fourth-order valence-corrected chi connectivity index (χ4v) is 4.57. The minimum absolute atomic E-state index is 0.0224. The number of para-hydroxylation sites is 1. The molecule has 0 bridgehead atoms. The van der Waals surface area contributed by atoms with Gasteiger partial charge in [-0.2, -0.15) is 0 Å². The third-order valence-corrected chi connectivity index (χ3v) is 6.61. The summed E-state index contributed by atoms with van der Waals surface area (Å²) in [6.07, 6.45) is 1.84. The van der Waals surface area contributed by atoms with Crippen molar-refractivity contribution < 1.29 is 9.59 Å². The predicted molar refractivity (Wildman–Crippen MR) is 137 cm³/mol. The second-order valence-corrected chi connectivity index (χ2v) is 9.14. The number of nitrogens with zero attached hydrogens (tertiary/aromatic N) is 1. The molecular formula is C29H33N3O2. The first-order valence-corrected chi connectivity index (χ1v) is 12.0. The molecule has 0 aliphatic carbocycles. The Labute approximate surface area is 202 Å². The van der Waals surface area contributed by atoms with Crippen molar-refractivity contribution in [2.24, 2.45) is 5.92 Å². The molecule has 0 spiro atoms. The van der Waals surface area contributed by atoms with Crippen LogP contribution in [0.2, 0.25) is 0 Å². The molecule has 3 aromatic carbocycles. The summed E-state index contributed by atoms with van der Waals surface area (Å²) < 4.78 is 0. The second kappa shape index (κ2) is 11.1. The molecule has 4 rings (SSSR count). The van der Waals surface area contributed by atoms with Gasteiger partial charge in [-0.1, -0.05) is 66.7 Å². The number of carbonyl (C=O) groups is 2. The molecule has 176 valence electrons. The Bertz CT molecular complexity index is 1130. The van der Waals surface area contributed by atoms with Crippen molar-refractivity contribution >= 4 is 17.5 Å². The Morgan fingerprint density at radius 3 is 2.47 bits per heavy atom. The van der Waals surface area contributed by atoms with Crippen LogP contribution in [0.4, 0.5) is 5.69 Å². The first kappa shape index (κ1) is 23.7. The largest absolute Gasteiger partial charge is 0.345 e. The highest BCUT2D eigenvalue weighted by atomic mass is 16.2. The van der Waals surface area contributed by atoms with Gasteiger partial charge >= 0.3 is 0 Å². The Morgan fingerprint density at radius 2 is 1.68 bits per heavy atom. The van der Waals surface area contributed by atoms with E-state index in [0.29, 0.717) is 11.3 Å². The number of hydrogen-bond acceptors (Lipinski definition) is 3. The number of piperidine rings is 1. The molecule has 5 heteroatoms. The molecule has 1 fully saturated rings. The lowest BCUT2D eigenvalue weighted by atomic mass is 9.96. The van der Waals surface area contributed by atoms with Gasteiger partial charge in [0.25, 0.3) is 5.91 Å². The third-order valence-electron chi connectivity index (χ3n) is 6.61. The SMILES string of the molecule is Cc1ccccc1CN1CCCC(C(=O)Nc2ccccc2C(=O)NC(C)c2ccccc2)C1. The number of nitrogens with one attached hydrogen (secondary N) is 2. The van der Waals surface area contributed by atoms with Crippen LogP contribution in [0.25, 0.3) is 0 Å². The van der Waals surface area contributed by atoms with Crippen molar-refractivity contribution in [3.05, 3.63) is 101 Å². The smallest absolute Gasteiger partial charge is 0.253 e. The van der Waals surface area contributed by atoms with Gasteiger partial charge in [0.1, 0.15) is 0 Å². The summed E-state index contributed by atoms with van der Waals surface area (Å²) in [7, 11) is 0. The lowest BCUT2D eigenvalue weighted by Crippen LogP contribution is -2.40. The van der Waals surface area contributed by atoms with E-state index in [1.165, 1.54) is 11.1 Å². The Kier molecular flexibility index (Phi) is 7.76.